The Balaban J connectivity index is 2.18. The van der Waals surface area contributed by atoms with Crippen molar-refractivity contribution in [3.8, 4) is 0 Å². The van der Waals surface area contributed by atoms with Gasteiger partial charge in [-0.2, -0.15) is 16.9 Å². The van der Waals surface area contributed by atoms with Crippen molar-refractivity contribution in [2.45, 2.75) is 33.0 Å². The summed E-state index contributed by atoms with van der Waals surface area (Å²) in [4.78, 5) is 0. The van der Waals surface area contributed by atoms with Crippen molar-refractivity contribution in [1.82, 2.24) is 15.1 Å². The molecule has 4 heteroatoms. The minimum absolute atomic E-state index is 0.519. The smallest absolute Gasteiger partial charge is 0.0841 e. The summed E-state index contributed by atoms with van der Waals surface area (Å²) in [6, 6.07) is 8.97. The Morgan fingerprint density at radius 3 is 2.89 bits per heavy atom. The van der Waals surface area contributed by atoms with Crippen LogP contribution in [0.3, 0.4) is 0 Å². The van der Waals surface area contributed by atoms with Crippen LogP contribution >= 0.6 is 11.8 Å². The number of hydrogen-bond donors (Lipinski definition) is 1. The molecule has 0 aliphatic heterocycles. The number of rotatable bonds is 6. The number of benzene rings is 1. The Bertz CT molecular complexity index is 507. The summed E-state index contributed by atoms with van der Waals surface area (Å²) in [5.74, 6) is 1.13. The molecule has 0 saturated carbocycles. The molecule has 3 nitrogen and oxygen atoms in total. The molecule has 1 heterocycles. The topological polar surface area (TPSA) is 29.9 Å². The molecule has 1 atom stereocenters. The van der Waals surface area contributed by atoms with Crippen molar-refractivity contribution in [3.63, 3.8) is 0 Å². The second-order valence-corrected chi connectivity index (χ2v) is 5.43. The molecule has 0 spiro atoms. The Labute approximate surface area is 113 Å². The largest absolute Gasteiger partial charge is 0.308 e. The van der Waals surface area contributed by atoms with Crippen molar-refractivity contribution in [1.29, 1.82) is 0 Å². The molecule has 0 fully saturated rings. The number of aromatic nitrogens is 2. The number of para-hydroxylation sites is 1. The van der Waals surface area contributed by atoms with Gasteiger partial charge in [-0.15, -0.1) is 0 Å². The van der Waals surface area contributed by atoms with Gasteiger partial charge >= 0.3 is 0 Å². The van der Waals surface area contributed by atoms with Gasteiger partial charge in [-0.25, -0.2) is 0 Å². The summed E-state index contributed by atoms with van der Waals surface area (Å²) < 4.78 is 2.07. The first kappa shape index (κ1) is 13.4. The third kappa shape index (κ3) is 2.87. The van der Waals surface area contributed by atoms with Crippen LogP contribution in [0.1, 0.15) is 19.5 Å². The summed E-state index contributed by atoms with van der Waals surface area (Å²) in [5, 5.41) is 9.49. The van der Waals surface area contributed by atoms with Crippen molar-refractivity contribution in [2.24, 2.45) is 0 Å². The molecule has 0 bridgehead atoms. The number of nitrogens with one attached hydrogen (secondary N) is 1. The molecule has 2 aromatic rings. The van der Waals surface area contributed by atoms with E-state index in [1.807, 2.05) is 11.8 Å². The van der Waals surface area contributed by atoms with Crippen LogP contribution in [0.4, 0.5) is 0 Å². The summed E-state index contributed by atoms with van der Waals surface area (Å²) in [7, 11) is 0. The third-order valence-electron chi connectivity index (χ3n) is 3.07. The van der Waals surface area contributed by atoms with Crippen LogP contribution < -0.4 is 5.32 Å². The van der Waals surface area contributed by atoms with E-state index in [-0.39, 0.29) is 0 Å². The van der Waals surface area contributed by atoms with Crippen LogP contribution in [0.5, 0.6) is 0 Å². The predicted octanol–water partition coefficient (Wildman–Crippen LogP) is 2.90. The Morgan fingerprint density at radius 1 is 1.39 bits per heavy atom. The molecule has 0 aliphatic carbocycles. The zero-order valence-corrected chi connectivity index (χ0v) is 12.1. The molecular weight excluding hydrogens is 242 g/mol. The quantitative estimate of drug-likeness (QED) is 0.869. The molecule has 1 unspecified atom stereocenters. The van der Waals surface area contributed by atoms with Gasteiger partial charge in [0.1, 0.15) is 0 Å². The minimum atomic E-state index is 0.519. The van der Waals surface area contributed by atoms with Gasteiger partial charge in [0.25, 0.3) is 0 Å². The first-order valence-electron chi connectivity index (χ1n) is 6.43. The van der Waals surface area contributed by atoms with Gasteiger partial charge in [0, 0.05) is 30.3 Å². The Kier molecular flexibility index (Phi) is 4.66. The standard InChI is InChI=1S/C14H21N3S/c1-4-17-14-8-6-5-7-12(14)13(16-17)9-15-11(2)10-18-3/h5-8,11,15H,4,9-10H2,1-3H3. The van der Waals surface area contributed by atoms with Crippen molar-refractivity contribution in [2.75, 3.05) is 12.0 Å². The van der Waals surface area contributed by atoms with Crippen molar-refractivity contribution < 1.29 is 0 Å². The number of nitrogens with zero attached hydrogens (tertiary/aromatic N) is 2. The molecule has 1 N–H and O–H groups in total. The molecule has 98 valence electrons. The second-order valence-electron chi connectivity index (χ2n) is 4.52. The van der Waals surface area contributed by atoms with E-state index < -0.39 is 0 Å². The molecular formula is C14H21N3S. The van der Waals surface area contributed by atoms with E-state index in [4.69, 9.17) is 0 Å². The highest BCUT2D eigenvalue weighted by molar-refractivity contribution is 7.98. The molecule has 0 saturated heterocycles. The van der Waals surface area contributed by atoms with Crippen LogP contribution in [-0.4, -0.2) is 27.8 Å². The first-order valence-corrected chi connectivity index (χ1v) is 7.82. The van der Waals surface area contributed by atoms with E-state index in [1.165, 1.54) is 10.9 Å². The fourth-order valence-corrected chi connectivity index (χ4v) is 2.77. The van der Waals surface area contributed by atoms with E-state index >= 15 is 0 Å². The maximum atomic E-state index is 4.69. The summed E-state index contributed by atoms with van der Waals surface area (Å²) in [6.07, 6.45) is 2.14. The number of fused-ring (bicyclic) bond motifs is 1. The lowest BCUT2D eigenvalue weighted by Gasteiger charge is -2.10. The fourth-order valence-electron chi connectivity index (χ4n) is 2.15. The molecule has 18 heavy (non-hydrogen) atoms. The van der Waals surface area contributed by atoms with Crippen LogP contribution in [0.15, 0.2) is 24.3 Å². The third-order valence-corrected chi connectivity index (χ3v) is 3.90. The van der Waals surface area contributed by atoms with Crippen molar-refractivity contribution >= 4 is 22.7 Å². The normalized spacial score (nSPS) is 13.1. The number of aryl methyl sites for hydroxylation is 1. The van der Waals surface area contributed by atoms with Gasteiger partial charge in [-0.1, -0.05) is 18.2 Å². The number of hydrogen-bond acceptors (Lipinski definition) is 3. The van der Waals surface area contributed by atoms with Gasteiger partial charge in [-0.3, -0.25) is 4.68 Å². The minimum Gasteiger partial charge on any atom is -0.308 e. The maximum absolute atomic E-state index is 4.69. The highest BCUT2D eigenvalue weighted by atomic mass is 32.2. The van der Waals surface area contributed by atoms with E-state index in [9.17, 15) is 0 Å². The highest BCUT2D eigenvalue weighted by Crippen LogP contribution is 2.18. The monoisotopic (exact) mass is 263 g/mol. The molecule has 2 rings (SSSR count). The van der Waals surface area contributed by atoms with Crippen LogP contribution in [-0.2, 0) is 13.1 Å². The molecule has 0 amide bonds. The molecule has 1 aromatic carbocycles. The predicted molar refractivity (Wildman–Crippen MR) is 80.1 cm³/mol. The number of thioether (sulfide) groups is 1. The van der Waals surface area contributed by atoms with Gasteiger partial charge < -0.3 is 5.32 Å². The van der Waals surface area contributed by atoms with Gasteiger partial charge in [0.2, 0.25) is 0 Å². The van der Waals surface area contributed by atoms with Crippen LogP contribution in [0.25, 0.3) is 10.9 Å². The Hall–Kier alpha value is -1.00. The van der Waals surface area contributed by atoms with Crippen LogP contribution in [0.2, 0.25) is 0 Å². The average molecular weight is 263 g/mol. The second kappa shape index (κ2) is 6.25. The summed E-state index contributed by atoms with van der Waals surface area (Å²) in [6.45, 7) is 6.11. The SMILES string of the molecule is CCn1nc(CNC(C)CSC)c2ccccc21. The van der Waals surface area contributed by atoms with E-state index in [1.54, 1.807) is 0 Å². The van der Waals surface area contributed by atoms with Gasteiger partial charge in [-0.05, 0) is 26.2 Å². The van der Waals surface area contributed by atoms with Crippen molar-refractivity contribution in [3.05, 3.63) is 30.0 Å². The average Bonchev–Trinajstić information content (AvgIpc) is 2.75. The lowest BCUT2D eigenvalue weighted by atomic mass is 10.2. The fraction of sp³-hybridized carbons (Fsp3) is 0.500. The zero-order chi connectivity index (χ0) is 13.0. The first-order chi connectivity index (χ1) is 8.76. The highest BCUT2D eigenvalue weighted by Gasteiger charge is 2.09. The van der Waals surface area contributed by atoms with E-state index in [2.05, 4.69) is 59.5 Å². The lowest BCUT2D eigenvalue weighted by molar-refractivity contribution is 0.576. The summed E-state index contributed by atoms with van der Waals surface area (Å²) >= 11 is 1.87. The van der Waals surface area contributed by atoms with E-state index in [0.29, 0.717) is 6.04 Å². The molecule has 0 aliphatic rings. The Morgan fingerprint density at radius 2 is 2.17 bits per heavy atom. The van der Waals surface area contributed by atoms with Gasteiger partial charge in [0.05, 0.1) is 11.2 Å². The van der Waals surface area contributed by atoms with Gasteiger partial charge in [0.15, 0.2) is 0 Å². The lowest BCUT2D eigenvalue weighted by Crippen LogP contribution is -2.27. The molecule has 1 aromatic heterocycles. The van der Waals surface area contributed by atoms with Crippen LogP contribution in [0, 0.1) is 0 Å². The zero-order valence-electron chi connectivity index (χ0n) is 11.3. The maximum Gasteiger partial charge on any atom is 0.0841 e. The van der Waals surface area contributed by atoms with E-state index in [0.717, 1.165) is 24.5 Å². The summed E-state index contributed by atoms with van der Waals surface area (Å²) in [5.41, 5.74) is 2.38. The molecule has 0 radical (unpaired) electrons.